The highest BCUT2D eigenvalue weighted by Crippen LogP contribution is 2.45. The maximum atomic E-state index is 13.1. The van der Waals surface area contributed by atoms with Crippen LogP contribution in [0.1, 0.15) is 24.5 Å². The first-order chi connectivity index (χ1) is 10.5. The smallest absolute Gasteiger partial charge is 0.424 e. The Hall–Kier alpha value is -1.31. The summed E-state index contributed by atoms with van der Waals surface area (Å²) in [4.78, 5) is 10.9. The van der Waals surface area contributed by atoms with Crippen LogP contribution in [0.5, 0.6) is 5.75 Å². The van der Waals surface area contributed by atoms with Crippen molar-refractivity contribution in [2.24, 2.45) is 5.73 Å². The molecule has 0 saturated heterocycles. The lowest BCUT2D eigenvalue weighted by Crippen LogP contribution is -2.52. The number of methoxy groups -OCH3 is 1. The van der Waals surface area contributed by atoms with Crippen molar-refractivity contribution in [3.8, 4) is 5.75 Å². The second-order valence-corrected chi connectivity index (χ2v) is 6.16. The number of alkyl halides is 3. The van der Waals surface area contributed by atoms with Gasteiger partial charge in [0.25, 0.3) is 0 Å². The lowest BCUT2D eigenvalue weighted by atomic mass is 9.72. The number of halogens is 4. The van der Waals surface area contributed by atoms with E-state index in [-0.39, 0.29) is 17.3 Å². The first kappa shape index (κ1) is 19.7. The summed E-state index contributed by atoms with van der Waals surface area (Å²) in [5.74, 6) is 0.176. The minimum absolute atomic E-state index is 0.176. The number of aliphatic hydroxyl groups is 1. The number of rotatable bonds is 6. The quantitative estimate of drug-likeness (QED) is 0.771. The second kappa shape index (κ2) is 6.67. The van der Waals surface area contributed by atoms with Crippen LogP contribution >= 0.6 is 11.6 Å². The van der Waals surface area contributed by atoms with Gasteiger partial charge in [0.2, 0.25) is 5.60 Å². The summed E-state index contributed by atoms with van der Waals surface area (Å²) in [6.07, 6.45) is -6.57. The van der Waals surface area contributed by atoms with Gasteiger partial charge in [-0.15, -0.1) is 0 Å². The van der Waals surface area contributed by atoms with E-state index in [2.05, 4.69) is 0 Å². The highest BCUT2D eigenvalue weighted by atomic mass is 35.5. The monoisotopic (exact) mass is 353 g/mol. The minimum Gasteiger partial charge on any atom is -0.495 e. The number of carbonyl (C=O) groups excluding carboxylic acids is 1. The number of ether oxygens (including phenoxy) is 1. The molecule has 0 radical (unpaired) electrons. The van der Waals surface area contributed by atoms with Crippen molar-refractivity contribution in [2.45, 2.75) is 37.5 Å². The number of benzene rings is 1. The predicted molar refractivity (Wildman–Crippen MR) is 80.8 cm³/mol. The summed E-state index contributed by atoms with van der Waals surface area (Å²) >= 11 is 6.04. The van der Waals surface area contributed by atoms with Crippen molar-refractivity contribution in [3.63, 3.8) is 0 Å². The first-order valence-corrected chi connectivity index (χ1v) is 7.12. The van der Waals surface area contributed by atoms with Crippen LogP contribution in [0.4, 0.5) is 13.2 Å². The number of carbonyl (C=O) groups is 1. The Labute approximate surface area is 137 Å². The molecule has 0 aliphatic carbocycles. The van der Waals surface area contributed by atoms with Gasteiger partial charge >= 0.3 is 6.18 Å². The molecule has 2 atom stereocenters. The van der Waals surface area contributed by atoms with Crippen molar-refractivity contribution < 1.29 is 27.8 Å². The van der Waals surface area contributed by atoms with E-state index in [1.54, 1.807) is 19.1 Å². The maximum Gasteiger partial charge on any atom is 0.424 e. The molecule has 0 fully saturated rings. The van der Waals surface area contributed by atoms with E-state index in [0.717, 1.165) is 0 Å². The van der Waals surface area contributed by atoms with Crippen LogP contribution in [0, 0.1) is 6.92 Å². The molecule has 0 aliphatic rings. The Balaban J connectivity index is 3.53. The van der Waals surface area contributed by atoms with E-state index in [1.807, 2.05) is 0 Å². The lowest BCUT2D eigenvalue weighted by Gasteiger charge is -2.37. The molecule has 1 aromatic rings. The number of hydrogen-bond donors (Lipinski definition) is 2. The van der Waals surface area contributed by atoms with E-state index in [9.17, 15) is 23.1 Å². The molecule has 8 heteroatoms. The van der Waals surface area contributed by atoms with Gasteiger partial charge in [0.1, 0.15) is 5.75 Å². The van der Waals surface area contributed by atoms with Gasteiger partial charge in [-0.1, -0.05) is 24.6 Å². The summed E-state index contributed by atoms with van der Waals surface area (Å²) in [6, 6.07) is 3.16. The van der Waals surface area contributed by atoms with Gasteiger partial charge in [-0.25, -0.2) is 0 Å². The molecule has 1 aromatic carbocycles. The maximum absolute atomic E-state index is 13.1. The summed E-state index contributed by atoms with van der Waals surface area (Å²) in [5, 5.41) is 9.99. The molecule has 0 heterocycles. The fourth-order valence-corrected chi connectivity index (χ4v) is 2.91. The summed E-state index contributed by atoms with van der Waals surface area (Å²) in [5.41, 5.74) is 1.72. The Morgan fingerprint density at radius 1 is 1.39 bits per heavy atom. The fourth-order valence-electron chi connectivity index (χ4n) is 2.67. The van der Waals surface area contributed by atoms with E-state index in [0.29, 0.717) is 11.1 Å². The molecule has 4 nitrogen and oxygen atoms in total. The average Bonchev–Trinajstić information content (AvgIpc) is 2.47. The van der Waals surface area contributed by atoms with Gasteiger partial charge in [-0.3, -0.25) is 4.79 Å². The molecule has 0 spiro atoms. The zero-order valence-corrected chi connectivity index (χ0v) is 13.8. The number of aryl methyl sites for hydroxylation is 1. The normalized spacial score (nSPS) is 17.3. The molecule has 3 N–H and O–H groups in total. The summed E-state index contributed by atoms with van der Waals surface area (Å²) in [6.45, 7) is 2.83. The van der Waals surface area contributed by atoms with Crippen LogP contribution < -0.4 is 10.5 Å². The summed E-state index contributed by atoms with van der Waals surface area (Å²) in [7, 11) is 1.33. The van der Waals surface area contributed by atoms with E-state index < -0.39 is 29.9 Å². The van der Waals surface area contributed by atoms with Crippen molar-refractivity contribution in [1.29, 1.82) is 0 Å². The number of nitrogens with two attached hydrogens (primary N) is 1. The Bertz CT molecular complexity index is 594. The van der Waals surface area contributed by atoms with Gasteiger partial charge in [-0.2, -0.15) is 13.2 Å². The predicted octanol–water partition coefficient (Wildman–Crippen LogP) is 2.76. The van der Waals surface area contributed by atoms with Crippen molar-refractivity contribution >= 4 is 17.9 Å². The standard InChI is InChI=1S/C15H19ClF3NO3/c1-9-4-5-10(16)12(23-3)11(9)13(2,7-20)6-14(22,8-21)15(17,18)19/h4-5,8,22H,6-7,20H2,1-3H3. The van der Waals surface area contributed by atoms with E-state index in [1.165, 1.54) is 14.0 Å². The third kappa shape index (κ3) is 3.62. The van der Waals surface area contributed by atoms with E-state index >= 15 is 0 Å². The second-order valence-electron chi connectivity index (χ2n) is 5.75. The molecule has 130 valence electrons. The molecule has 23 heavy (non-hydrogen) atoms. The average molecular weight is 354 g/mol. The van der Waals surface area contributed by atoms with Crippen LogP contribution in [0.3, 0.4) is 0 Å². The molecule has 2 unspecified atom stereocenters. The fraction of sp³-hybridized carbons (Fsp3) is 0.533. The van der Waals surface area contributed by atoms with Crippen LogP contribution in [-0.4, -0.2) is 36.8 Å². The van der Waals surface area contributed by atoms with Crippen molar-refractivity contribution in [1.82, 2.24) is 0 Å². The zero-order valence-electron chi connectivity index (χ0n) is 13.0. The van der Waals surface area contributed by atoms with Crippen molar-refractivity contribution in [3.05, 3.63) is 28.3 Å². The third-order valence-electron chi connectivity index (χ3n) is 3.92. The van der Waals surface area contributed by atoms with Crippen LogP contribution in [-0.2, 0) is 10.2 Å². The van der Waals surface area contributed by atoms with Crippen molar-refractivity contribution in [2.75, 3.05) is 13.7 Å². The van der Waals surface area contributed by atoms with E-state index in [4.69, 9.17) is 22.1 Å². The highest BCUT2D eigenvalue weighted by molar-refractivity contribution is 6.32. The largest absolute Gasteiger partial charge is 0.495 e. The molecule has 1 rings (SSSR count). The van der Waals surface area contributed by atoms with Gasteiger partial charge in [0.05, 0.1) is 12.1 Å². The summed E-state index contributed by atoms with van der Waals surface area (Å²) < 4.78 is 44.4. The Morgan fingerprint density at radius 3 is 2.35 bits per heavy atom. The molecule has 0 aliphatic heterocycles. The third-order valence-corrected chi connectivity index (χ3v) is 4.22. The van der Waals surface area contributed by atoms with Crippen LogP contribution in [0.25, 0.3) is 0 Å². The molecule has 0 amide bonds. The lowest BCUT2D eigenvalue weighted by molar-refractivity contribution is -0.250. The molecule has 0 saturated carbocycles. The molecular formula is C15H19ClF3NO3. The minimum atomic E-state index is -5.12. The zero-order chi connectivity index (χ0) is 18.1. The topological polar surface area (TPSA) is 72.6 Å². The number of hydrogen-bond acceptors (Lipinski definition) is 4. The number of aldehydes is 1. The Kier molecular flexibility index (Phi) is 5.72. The van der Waals surface area contributed by atoms with Crippen LogP contribution in [0.2, 0.25) is 5.02 Å². The highest BCUT2D eigenvalue weighted by Gasteiger charge is 2.57. The SMILES string of the molecule is COc1c(Cl)ccc(C)c1C(C)(CN)CC(O)(C=O)C(F)(F)F. The van der Waals surface area contributed by atoms with Gasteiger partial charge in [0, 0.05) is 23.9 Å². The van der Waals surface area contributed by atoms with Gasteiger partial charge < -0.3 is 15.6 Å². The molecular weight excluding hydrogens is 335 g/mol. The van der Waals surface area contributed by atoms with Crippen LogP contribution in [0.15, 0.2) is 12.1 Å². The molecule has 0 bridgehead atoms. The molecule has 0 aromatic heterocycles. The Morgan fingerprint density at radius 2 is 1.96 bits per heavy atom. The van der Waals surface area contributed by atoms with Gasteiger partial charge in [-0.05, 0) is 18.6 Å². The first-order valence-electron chi connectivity index (χ1n) is 6.75. The van der Waals surface area contributed by atoms with Gasteiger partial charge in [0.15, 0.2) is 6.29 Å².